The van der Waals surface area contributed by atoms with Gasteiger partial charge in [0.15, 0.2) is 0 Å². The average molecular weight is 345 g/mol. The topological polar surface area (TPSA) is 90.3 Å². The molecule has 0 bridgehead atoms. The first kappa shape index (κ1) is 16.0. The van der Waals surface area contributed by atoms with E-state index in [1.54, 1.807) is 24.3 Å². The summed E-state index contributed by atoms with van der Waals surface area (Å²) in [5.41, 5.74) is 3.48. The van der Waals surface area contributed by atoms with Gasteiger partial charge in [0.05, 0.1) is 11.6 Å². The predicted octanol–water partition coefficient (Wildman–Crippen LogP) is 1.99. The van der Waals surface area contributed by atoms with E-state index in [4.69, 9.17) is 0 Å². The van der Waals surface area contributed by atoms with Crippen LogP contribution < -0.4 is 5.32 Å². The minimum atomic E-state index is -0.647. The number of rotatable bonds is 2. The van der Waals surface area contributed by atoms with E-state index in [1.807, 2.05) is 18.2 Å². The molecule has 1 unspecified atom stereocenters. The van der Waals surface area contributed by atoms with Crippen molar-refractivity contribution in [2.45, 2.75) is 25.4 Å². The zero-order chi connectivity index (χ0) is 18.3. The van der Waals surface area contributed by atoms with E-state index < -0.39 is 11.9 Å². The van der Waals surface area contributed by atoms with Crippen LogP contribution in [0.4, 0.5) is 0 Å². The van der Waals surface area contributed by atoms with Crippen LogP contribution in [0.3, 0.4) is 0 Å². The summed E-state index contributed by atoms with van der Waals surface area (Å²) in [6, 6.07) is 14.2. The van der Waals surface area contributed by atoms with E-state index in [-0.39, 0.29) is 24.8 Å². The second-order valence-corrected chi connectivity index (χ2v) is 6.39. The summed E-state index contributed by atoms with van der Waals surface area (Å²) >= 11 is 0. The van der Waals surface area contributed by atoms with Gasteiger partial charge in [-0.1, -0.05) is 30.3 Å². The number of carbonyl (C=O) groups is 3. The Hall–Kier alpha value is -3.46. The standard InChI is InChI=1S/C20H15N3O3/c21-10-12-4-1-2-5-13(12)14-6-3-7-15-16(14)11-23(20(15)26)17-8-9-18(24)22-19(17)25/h1-7,17H,8-9,11H2,(H,22,24,25). The Morgan fingerprint density at radius 3 is 2.50 bits per heavy atom. The molecule has 6 nitrogen and oxygen atoms in total. The Balaban J connectivity index is 1.75. The van der Waals surface area contributed by atoms with Crippen molar-refractivity contribution in [2.24, 2.45) is 0 Å². The molecule has 0 radical (unpaired) electrons. The van der Waals surface area contributed by atoms with Gasteiger partial charge in [0.25, 0.3) is 5.91 Å². The molecule has 3 amide bonds. The van der Waals surface area contributed by atoms with Crippen molar-refractivity contribution in [3.63, 3.8) is 0 Å². The minimum absolute atomic E-state index is 0.217. The molecular formula is C20H15N3O3. The highest BCUT2D eigenvalue weighted by Crippen LogP contribution is 2.35. The highest BCUT2D eigenvalue weighted by atomic mass is 16.2. The van der Waals surface area contributed by atoms with Crippen LogP contribution in [0.15, 0.2) is 42.5 Å². The van der Waals surface area contributed by atoms with E-state index in [0.29, 0.717) is 17.5 Å². The molecule has 0 aromatic heterocycles. The summed E-state index contributed by atoms with van der Waals surface area (Å²) in [6.07, 6.45) is 0.551. The van der Waals surface area contributed by atoms with Gasteiger partial charge in [-0.25, -0.2) is 0 Å². The summed E-state index contributed by atoms with van der Waals surface area (Å²) in [6.45, 7) is 0.288. The summed E-state index contributed by atoms with van der Waals surface area (Å²) in [7, 11) is 0. The Kier molecular flexibility index (Phi) is 3.77. The van der Waals surface area contributed by atoms with E-state index >= 15 is 0 Å². The van der Waals surface area contributed by atoms with Crippen molar-refractivity contribution in [2.75, 3.05) is 0 Å². The number of nitriles is 1. The van der Waals surface area contributed by atoms with Crippen molar-refractivity contribution >= 4 is 17.7 Å². The lowest BCUT2D eigenvalue weighted by Gasteiger charge is -2.29. The number of imide groups is 1. The molecule has 0 saturated carbocycles. The molecule has 1 saturated heterocycles. The van der Waals surface area contributed by atoms with Crippen LogP contribution in [0.2, 0.25) is 0 Å². The largest absolute Gasteiger partial charge is 0.322 e. The summed E-state index contributed by atoms with van der Waals surface area (Å²) in [5.74, 6) is -0.953. The summed E-state index contributed by atoms with van der Waals surface area (Å²) < 4.78 is 0. The minimum Gasteiger partial charge on any atom is -0.322 e. The molecule has 1 atom stereocenters. The third-order valence-electron chi connectivity index (χ3n) is 4.92. The smallest absolute Gasteiger partial charge is 0.255 e. The average Bonchev–Trinajstić information content (AvgIpc) is 2.98. The number of fused-ring (bicyclic) bond motifs is 1. The molecule has 0 aliphatic carbocycles. The number of carbonyl (C=O) groups excluding carboxylic acids is 3. The molecule has 2 aliphatic rings. The Bertz CT molecular complexity index is 990. The second kappa shape index (κ2) is 6.12. The molecule has 2 heterocycles. The van der Waals surface area contributed by atoms with E-state index in [2.05, 4.69) is 11.4 Å². The van der Waals surface area contributed by atoms with Crippen LogP contribution in [0.5, 0.6) is 0 Å². The molecule has 2 aliphatic heterocycles. The van der Waals surface area contributed by atoms with Crippen LogP contribution in [0.1, 0.15) is 34.3 Å². The first-order valence-electron chi connectivity index (χ1n) is 8.36. The van der Waals surface area contributed by atoms with Crippen molar-refractivity contribution in [3.8, 4) is 17.2 Å². The lowest BCUT2D eigenvalue weighted by molar-refractivity contribution is -0.136. The normalized spacial score (nSPS) is 19.1. The molecule has 6 heteroatoms. The number of piperidine rings is 1. The lowest BCUT2D eigenvalue weighted by Crippen LogP contribution is -2.52. The maximum absolute atomic E-state index is 12.9. The van der Waals surface area contributed by atoms with Crippen molar-refractivity contribution < 1.29 is 14.4 Å². The highest BCUT2D eigenvalue weighted by Gasteiger charge is 2.39. The quantitative estimate of drug-likeness (QED) is 0.843. The van der Waals surface area contributed by atoms with Gasteiger partial charge in [0, 0.05) is 18.5 Å². The number of benzene rings is 2. The number of nitrogens with one attached hydrogen (secondary N) is 1. The monoisotopic (exact) mass is 345 g/mol. The van der Waals surface area contributed by atoms with Crippen LogP contribution in [-0.4, -0.2) is 28.7 Å². The molecule has 2 aromatic rings. The SMILES string of the molecule is N#Cc1ccccc1-c1cccc2c1CN(C1CCC(=O)NC1=O)C2=O. The summed E-state index contributed by atoms with van der Waals surface area (Å²) in [4.78, 5) is 37.9. The third-order valence-corrected chi connectivity index (χ3v) is 4.92. The molecule has 26 heavy (non-hydrogen) atoms. The highest BCUT2D eigenvalue weighted by molar-refractivity contribution is 6.06. The van der Waals surface area contributed by atoms with Crippen LogP contribution in [-0.2, 0) is 16.1 Å². The van der Waals surface area contributed by atoms with Gasteiger partial charge in [0.1, 0.15) is 6.04 Å². The number of hydrogen-bond donors (Lipinski definition) is 1. The fraction of sp³-hybridized carbons (Fsp3) is 0.200. The predicted molar refractivity (Wildman–Crippen MR) is 92.6 cm³/mol. The number of nitrogens with zero attached hydrogens (tertiary/aromatic N) is 2. The second-order valence-electron chi connectivity index (χ2n) is 6.39. The van der Waals surface area contributed by atoms with E-state index in [0.717, 1.165) is 16.7 Å². The lowest BCUT2D eigenvalue weighted by atomic mass is 9.94. The van der Waals surface area contributed by atoms with Gasteiger partial charge in [-0.05, 0) is 35.2 Å². The van der Waals surface area contributed by atoms with Crippen molar-refractivity contribution in [3.05, 3.63) is 59.2 Å². The fourth-order valence-electron chi connectivity index (χ4n) is 3.65. The molecule has 4 rings (SSSR count). The van der Waals surface area contributed by atoms with E-state index in [1.165, 1.54) is 4.90 Å². The first-order valence-corrected chi connectivity index (χ1v) is 8.36. The number of amides is 3. The maximum atomic E-state index is 12.9. The van der Waals surface area contributed by atoms with Gasteiger partial charge in [-0.3, -0.25) is 19.7 Å². The molecule has 2 aromatic carbocycles. The van der Waals surface area contributed by atoms with Gasteiger partial charge in [0.2, 0.25) is 11.8 Å². The third kappa shape index (κ3) is 2.45. The van der Waals surface area contributed by atoms with Gasteiger partial charge >= 0.3 is 0 Å². The zero-order valence-electron chi connectivity index (χ0n) is 13.9. The van der Waals surface area contributed by atoms with Crippen LogP contribution in [0, 0.1) is 11.3 Å². The van der Waals surface area contributed by atoms with Crippen LogP contribution in [0.25, 0.3) is 11.1 Å². The van der Waals surface area contributed by atoms with Crippen molar-refractivity contribution in [1.82, 2.24) is 10.2 Å². The first-order chi connectivity index (χ1) is 12.6. The van der Waals surface area contributed by atoms with Crippen LogP contribution >= 0.6 is 0 Å². The zero-order valence-corrected chi connectivity index (χ0v) is 13.9. The number of hydrogen-bond acceptors (Lipinski definition) is 4. The van der Waals surface area contributed by atoms with Gasteiger partial charge in [-0.15, -0.1) is 0 Å². The van der Waals surface area contributed by atoms with E-state index in [9.17, 15) is 19.6 Å². The summed E-state index contributed by atoms with van der Waals surface area (Å²) in [5, 5.41) is 11.7. The van der Waals surface area contributed by atoms with Gasteiger partial charge in [-0.2, -0.15) is 5.26 Å². The molecule has 128 valence electrons. The Morgan fingerprint density at radius 2 is 1.73 bits per heavy atom. The molecule has 0 spiro atoms. The maximum Gasteiger partial charge on any atom is 0.255 e. The molecular weight excluding hydrogens is 330 g/mol. The molecule has 1 fully saturated rings. The fourth-order valence-corrected chi connectivity index (χ4v) is 3.65. The Morgan fingerprint density at radius 1 is 1.00 bits per heavy atom. The van der Waals surface area contributed by atoms with Gasteiger partial charge < -0.3 is 4.90 Å². The van der Waals surface area contributed by atoms with Crippen molar-refractivity contribution in [1.29, 1.82) is 5.26 Å². The molecule has 1 N–H and O–H groups in total. The Labute approximate surface area is 150 Å².